The number of aromatic nitrogens is 1. The van der Waals surface area contributed by atoms with Gasteiger partial charge in [-0.15, -0.1) is 0 Å². The Morgan fingerprint density at radius 2 is 2.29 bits per heavy atom. The van der Waals surface area contributed by atoms with Gasteiger partial charge in [-0.1, -0.05) is 0 Å². The summed E-state index contributed by atoms with van der Waals surface area (Å²) in [7, 11) is 0. The molecule has 0 saturated carbocycles. The van der Waals surface area contributed by atoms with Crippen LogP contribution in [0, 0.1) is 11.6 Å². The lowest BCUT2D eigenvalue weighted by molar-refractivity contribution is 0.0995. The van der Waals surface area contributed by atoms with E-state index in [0.29, 0.717) is 0 Å². The van der Waals surface area contributed by atoms with Gasteiger partial charge in [0.05, 0.1) is 12.1 Å². The van der Waals surface area contributed by atoms with Crippen LogP contribution in [0.5, 0.6) is 0 Å². The number of nitrogen functional groups attached to an aromatic ring is 1. The first-order valence-electron chi connectivity index (χ1n) is 5.57. The van der Waals surface area contributed by atoms with E-state index in [1.54, 1.807) is 0 Å². The van der Waals surface area contributed by atoms with E-state index in [2.05, 4.69) is 10.3 Å². The predicted molar refractivity (Wildman–Crippen MR) is 60.6 cm³/mol. The Morgan fingerprint density at radius 3 is 2.94 bits per heavy atom. The van der Waals surface area contributed by atoms with Crippen molar-refractivity contribution in [1.29, 1.82) is 0 Å². The predicted octanol–water partition coefficient (Wildman–Crippen LogP) is 1.92. The van der Waals surface area contributed by atoms with Gasteiger partial charge in [0, 0.05) is 12.7 Å². The topological polar surface area (TPSA) is 60.2 Å². The Kier molecular flexibility index (Phi) is 3.42. The molecule has 2 heterocycles. The van der Waals surface area contributed by atoms with Crippen LogP contribution in [0.15, 0.2) is 6.07 Å². The van der Waals surface area contributed by atoms with Gasteiger partial charge in [-0.3, -0.25) is 0 Å². The fourth-order valence-corrected chi connectivity index (χ4v) is 1.89. The fourth-order valence-electron chi connectivity index (χ4n) is 1.89. The molecule has 17 heavy (non-hydrogen) atoms. The van der Waals surface area contributed by atoms with Crippen molar-refractivity contribution in [3.05, 3.63) is 17.7 Å². The summed E-state index contributed by atoms with van der Waals surface area (Å²) < 4.78 is 31.8. The SMILES string of the molecule is CC(Nc1nc(N)c(F)cc1F)C1CCCO1. The Bertz CT molecular complexity index is 408. The van der Waals surface area contributed by atoms with E-state index in [9.17, 15) is 8.78 Å². The van der Waals surface area contributed by atoms with Gasteiger partial charge < -0.3 is 15.8 Å². The molecule has 2 rings (SSSR count). The largest absolute Gasteiger partial charge is 0.381 e. The molecule has 1 aromatic heterocycles. The van der Waals surface area contributed by atoms with Crippen molar-refractivity contribution < 1.29 is 13.5 Å². The molecule has 3 N–H and O–H groups in total. The van der Waals surface area contributed by atoms with Crippen molar-refractivity contribution >= 4 is 11.6 Å². The minimum absolute atomic E-state index is 0.0301. The van der Waals surface area contributed by atoms with Crippen LogP contribution in [0.1, 0.15) is 19.8 Å². The molecular formula is C11H15F2N3O. The van der Waals surface area contributed by atoms with E-state index in [4.69, 9.17) is 10.5 Å². The molecule has 0 amide bonds. The van der Waals surface area contributed by atoms with E-state index >= 15 is 0 Å². The third kappa shape index (κ3) is 2.63. The van der Waals surface area contributed by atoms with Gasteiger partial charge in [0.2, 0.25) is 0 Å². The van der Waals surface area contributed by atoms with Crippen molar-refractivity contribution in [3.8, 4) is 0 Å². The molecule has 0 aromatic carbocycles. The maximum Gasteiger partial charge on any atom is 0.168 e. The normalized spacial score (nSPS) is 21.5. The minimum Gasteiger partial charge on any atom is -0.381 e. The van der Waals surface area contributed by atoms with Crippen molar-refractivity contribution in [3.63, 3.8) is 0 Å². The average Bonchev–Trinajstić information content (AvgIpc) is 2.79. The summed E-state index contributed by atoms with van der Waals surface area (Å²) in [6.07, 6.45) is 1.95. The maximum atomic E-state index is 13.4. The van der Waals surface area contributed by atoms with Gasteiger partial charge in [-0.25, -0.2) is 13.8 Å². The molecule has 6 heteroatoms. The lowest BCUT2D eigenvalue weighted by Crippen LogP contribution is -2.31. The maximum absolute atomic E-state index is 13.4. The standard InChI is InChI=1S/C11H15F2N3O/c1-6(9-3-2-4-17-9)15-11-8(13)5-7(12)10(14)16-11/h5-6,9H,2-4H2,1H3,(H3,14,15,16). The molecule has 0 radical (unpaired) electrons. The average molecular weight is 243 g/mol. The highest BCUT2D eigenvalue weighted by atomic mass is 19.1. The number of ether oxygens (including phenoxy) is 1. The Balaban J connectivity index is 2.09. The molecule has 1 aliphatic heterocycles. The van der Waals surface area contributed by atoms with Crippen LogP contribution in [0.2, 0.25) is 0 Å². The quantitative estimate of drug-likeness (QED) is 0.851. The molecule has 2 atom stereocenters. The van der Waals surface area contributed by atoms with Crippen molar-refractivity contribution in [2.75, 3.05) is 17.7 Å². The number of hydrogen-bond donors (Lipinski definition) is 2. The zero-order valence-corrected chi connectivity index (χ0v) is 9.54. The number of pyridine rings is 1. The molecular weight excluding hydrogens is 228 g/mol. The van der Waals surface area contributed by atoms with Crippen LogP contribution in [0.25, 0.3) is 0 Å². The summed E-state index contributed by atoms with van der Waals surface area (Å²) in [6.45, 7) is 2.59. The first-order chi connectivity index (χ1) is 8.08. The Labute approximate surface area is 98.2 Å². The monoisotopic (exact) mass is 243 g/mol. The lowest BCUT2D eigenvalue weighted by atomic mass is 10.1. The summed E-state index contributed by atoms with van der Waals surface area (Å²) in [5.74, 6) is -1.94. The summed E-state index contributed by atoms with van der Waals surface area (Å²) in [6, 6.07) is 0.636. The highest BCUT2D eigenvalue weighted by molar-refractivity contribution is 5.45. The lowest BCUT2D eigenvalue weighted by Gasteiger charge is -2.20. The number of nitrogens with one attached hydrogen (secondary N) is 1. The van der Waals surface area contributed by atoms with Gasteiger partial charge >= 0.3 is 0 Å². The minimum atomic E-state index is -0.849. The third-order valence-corrected chi connectivity index (χ3v) is 2.84. The molecule has 0 aliphatic carbocycles. The highest BCUT2D eigenvalue weighted by Crippen LogP contribution is 2.21. The van der Waals surface area contributed by atoms with Crippen LogP contribution < -0.4 is 11.1 Å². The van der Waals surface area contributed by atoms with Gasteiger partial charge in [-0.05, 0) is 19.8 Å². The van der Waals surface area contributed by atoms with Gasteiger partial charge in [-0.2, -0.15) is 0 Å². The van der Waals surface area contributed by atoms with Crippen molar-refractivity contribution in [2.24, 2.45) is 0 Å². The second-order valence-corrected chi connectivity index (χ2v) is 4.17. The van der Waals surface area contributed by atoms with Crippen LogP contribution in [0.4, 0.5) is 20.4 Å². The van der Waals surface area contributed by atoms with E-state index < -0.39 is 11.6 Å². The molecule has 2 unspecified atom stereocenters. The van der Waals surface area contributed by atoms with E-state index in [0.717, 1.165) is 25.5 Å². The number of rotatable bonds is 3. The van der Waals surface area contributed by atoms with E-state index in [1.165, 1.54) is 0 Å². The Hall–Kier alpha value is -1.43. The first-order valence-corrected chi connectivity index (χ1v) is 5.57. The van der Waals surface area contributed by atoms with E-state index in [-0.39, 0.29) is 23.8 Å². The summed E-state index contributed by atoms with van der Waals surface area (Å²) in [5, 5.41) is 2.86. The number of hydrogen-bond acceptors (Lipinski definition) is 4. The summed E-state index contributed by atoms with van der Waals surface area (Å²) in [5.41, 5.74) is 5.29. The summed E-state index contributed by atoms with van der Waals surface area (Å²) >= 11 is 0. The first kappa shape index (κ1) is 12.0. The van der Waals surface area contributed by atoms with Gasteiger partial charge in [0.1, 0.15) is 0 Å². The third-order valence-electron chi connectivity index (χ3n) is 2.84. The molecule has 0 bridgehead atoms. The fraction of sp³-hybridized carbons (Fsp3) is 0.545. The zero-order valence-electron chi connectivity index (χ0n) is 9.54. The molecule has 1 aromatic rings. The molecule has 1 saturated heterocycles. The molecule has 1 aliphatic rings. The number of halogens is 2. The van der Waals surface area contributed by atoms with Crippen LogP contribution in [0.3, 0.4) is 0 Å². The summed E-state index contributed by atoms with van der Waals surface area (Å²) in [4.78, 5) is 3.64. The highest BCUT2D eigenvalue weighted by Gasteiger charge is 2.23. The second kappa shape index (κ2) is 4.83. The van der Waals surface area contributed by atoms with Crippen LogP contribution >= 0.6 is 0 Å². The molecule has 94 valence electrons. The molecule has 4 nitrogen and oxygen atoms in total. The van der Waals surface area contributed by atoms with Crippen LogP contribution in [-0.4, -0.2) is 23.7 Å². The van der Waals surface area contributed by atoms with Crippen molar-refractivity contribution in [2.45, 2.75) is 31.9 Å². The molecule has 0 spiro atoms. The number of nitrogens with zero attached hydrogens (tertiary/aromatic N) is 1. The Morgan fingerprint density at radius 1 is 1.53 bits per heavy atom. The zero-order chi connectivity index (χ0) is 12.4. The van der Waals surface area contributed by atoms with E-state index in [1.807, 2.05) is 6.92 Å². The number of anilines is 2. The van der Waals surface area contributed by atoms with Gasteiger partial charge in [0.25, 0.3) is 0 Å². The smallest absolute Gasteiger partial charge is 0.168 e. The molecule has 1 fully saturated rings. The second-order valence-electron chi connectivity index (χ2n) is 4.17. The van der Waals surface area contributed by atoms with Gasteiger partial charge in [0.15, 0.2) is 23.3 Å². The van der Waals surface area contributed by atoms with Crippen LogP contribution in [-0.2, 0) is 4.74 Å². The van der Waals surface area contributed by atoms with Crippen molar-refractivity contribution in [1.82, 2.24) is 4.98 Å². The number of nitrogens with two attached hydrogens (primary N) is 1.